The number of carbonyl (C=O) groups excluding carboxylic acids is 2. The molecule has 0 saturated carbocycles. The number of fused-ring (bicyclic) bond motifs is 1. The van der Waals surface area contributed by atoms with Crippen molar-refractivity contribution in [1.29, 1.82) is 5.26 Å². The number of pyridine rings is 1. The second-order valence-electron chi connectivity index (χ2n) is 6.07. The number of nitrogens with one attached hydrogen (secondary N) is 2. The Labute approximate surface area is 166 Å². The lowest BCUT2D eigenvalue weighted by atomic mass is 10.1. The quantitative estimate of drug-likeness (QED) is 0.364. The molecule has 146 valence electrons. The van der Waals surface area contributed by atoms with E-state index < -0.39 is 5.91 Å². The van der Waals surface area contributed by atoms with Gasteiger partial charge in [-0.05, 0) is 29.8 Å². The standard InChI is InChI=1S/C21H18N4O4/c1-28-18-4-3-13(6-19(18)29-2)9-25-21(27)15(8-22)7-16-11-24-20-17(16)5-14(12-26)10-23-20/h3-7,10-12H,9H2,1-2H3,(H,23,24)(H,25,27)/b15-7+. The number of amides is 1. The van der Waals surface area contributed by atoms with E-state index in [2.05, 4.69) is 15.3 Å². The Balaban J connectivity index is 1.79. The average Bonchev–Trinajstić information content (AvgIpc) is 3.17. The number of aromatic nitrogens is 2. The third-order valence-corrected chi connectivity index (χ3v) is 4.29. The zero-order valence-electron chi connectivity index (χ0n) is 15.9. The predicted octanol–water partition coefficient (Wildman–Crippen LogP) is 2.62. The molecule has 3 aromatic rings. The van der Waals surface area contributed by atoms with Crippen LogP contribution in [0.15, 0.2) is 42.2 Å². The molecule has 0 spiro atoms. The molecule has 2 N–H and O–H groups in total. The average molecular weight is 390 g/mol. The second kappa shape index (κ2) is 8.71. The summed E-state index contributed by atoms with van der Waals surface area (Å²) < 4.78 is 10.4. The van der Waals surface area contributed by atoms with Gasteiger partial charge < -0.3 is 19.8 Å². The van der Waals surface area contributed by atoms with Crippen LogP contribution in [0.1, 0.15) is 21.5 Å². The first-order valence-electron chi connectivity index (χ1n) is 8.62. The smallest absolute Gasteiger partial charge is 0.262 e. The van der Waals surface area contributed by atoms with E-state index in [1.807, 2.05) is 6.07 Å². The number of carbonyl (C=O) groups is 2. The van der Waals surface area contributed by atoms with Crippen LogP contribution in [0.3, 0.4) is 0 Å². The van der Waals surface area contributed by atoms with E-state index in [-0.39, 0.29) is 12.1 Å². The fourth-order valence-electron chi connectivity index (χ4n) is 2.80. The van der Waals surface area contributed by atoms with Gasteiger partial charge >= 0.3 is 0 Å². The minimum Gasteiger partial charge on any atom is -0.493 e. The maximum absolute atomic E-state index is 12.5. The van der Waals surface area contributed by atoms with Gasteiger partial charge in [-0.25, -0.2) is 4.98 Å². The monoisotopic (exact) mass is 390 g/mol. The van der Waals surface area contributed by atoms with E-state index in [0.717, 1.165) is 5.56 Å². The fourth-order valence-corrected chi connectivity index (χ4v) is 2.80. The zero-order valence-corrected chi connectivity index (χ0v) is 15.9. The highest BCUT2D eigenvalue weighted by Crippen LogP contribution is 2.27. The maximum Gasteiger partial charge on any atom is 0.262 e. The molecule has 8 heteroatoms. The van der Waals surface area contributed by atoms with Crippen molar-refractivity contribution in [3.63, 3.8) is 0 Å². The highest BCUT2D eigenvalue weighted by Gasteiger charge is 2.12. The third-order valence-electron chi connectivity index (χ3n) is 4.29. The van der Waals surface area contributed by atoms with E-state index in [4.69, 9.17) is 9.47 Å². The molecule has 2 heterocycles. The number of benzene rings is 1. The van der Waals surface area contributed by atoms with Crippen molar-refractivity contribution in [1.82, 2.24) is 15.3 Å². The summed E-state index contributed by atoms with van der Waals surface area (Å²) in [5.41, 5.74) is 2.28. The number of nitrogens with zero attached hydrogens (tertiary/aromatic N) is 2. The summed E-state index contributed by atoms with van der Waals surface area (Å²) >= 11 is 0. The Morgan fingerprint density at radius 1 is 1.28 bits per heavy atom. The lowest BCUT2D eigenvalue weighted by molar-refractivity contribution is -0.117. The first kappa shape index (κ1) is 19.6. The van der Waals surface area contributed by atoms with E-state index >= 15 is 0 Å². The molecule has 0 aliphatic heterocycles. The van der Waals surface area contributed by atoms with Crippen molar-refractivity contribution in [2.45, 2.75) is 6.54 Å². The van der Waals surface area contributed by atoms with Gasteiger partial charge in [0.25, 0.3) is 5.91 Å². The molecule has 2 aromatic heterocycles. The molecular weight excluding hydrogens is 372 g/mol. The molecule has 0 radical (unpaired) electrons. The SMILES string of the molecule is COc1ccc(CNC(=O)/C(C#N)=C/c2c[nH]c3ncc(C=O)cc23)cc1OC. The van der Waals surface area contributed by atoms with Crippen LogP contribution in [-0.2, 0) is 11.3 Å². The topological polar surface area (TPSA) is 117 Å². The molecule has 1 aromatic carbocycles. The molecule has 0 unspecified atom stereocenters. The van der Waals surface area contributed by atoms with Crippen LogP contribution in [-0.4, -0.2) is 36.4 Å². The molecule has 0 bridgehead atoms. The minimum atomic E-state index is -0.517. The number of methoxy groups -OCH3 is 2. The lowest BCUT2D eigenvalue weighted by Crippen LogP contribution is -2.24. The van der Waals surface area contributed by atoms with Gasteiger partial charge in [0.05, 0.1) is 14.2 Å². The Kier molecular flexibility index (Phi) is 5.90. The Hall–Kier alpha value is -4.12. The van der Waals surface area contributed by atoms with Crippen LogP contribution in [0.2, 0.25) is 0 Å². The number of ether oxygens (including phenoxy) is 2. The molecule has 0 aliphatic carbocycles. The maximum atomic E-state index is 12.5. The first-order valence-corrected chi connectivity index (χ1v) is 8.62. The predicted molar refractivity (Wildman–Crippen MR) is 106 cm³/mol. The minimum absolute atomic E-state index is 0.0668. The van der Waals surface area contributed by atoms with Gasteiger partial charge in [-0.1, -0.05) is 6.07 Å². The molecule has 0 atom stereocenters. The summed E-state index contributed by atoms with van der Waals surface area (Å²) in [6.45, 7) is 0.211. The molecular formula is C21H18N4O4. The van der Waals surface area contributed by atoms with Crippen LogP contribution in [0.25, 0.3) is 17.1 Å². The largest absolute Gasteiger partial charge is 0.493 e. The number of H-pyrrole nitrogens is 1. The number of hydrogen-bond donors (Lipinski definition) is 2. The van der Waals surface area contributed by atoms with Crippen molar-refractivity contribution in [2.24, 2.45) is 0 Å². The van der Waals surface area contributed by atoms with Gasteiger partial charge in [0.2, 0.25) is 0 Å². The Morgan fingerprint density at radius 3 is 2.76 bits per heavy atom. The number of aldehydes is 1. The summed E-state index contributed by atoms with van der Waals surface area (Å²) in [7, 11) is 3.07. The van der Waals surface area contributed by atoms with E-state index in [0.29, 0.717) is 39.9 Å². The summed E-state index contributed by atoms with van der Waals surface area (Å²) in [4.78, 5) is 30.5. The number of aromatic amines is 1. The summed E-state index contributed by atoms with van der Waals surface area (Å²) in [6.07, 6.45) is 5.22. The molecule has 29 heavy (non-hydrogen) atoms. The highest BCUT2D eigenvalue weighted by atomic mass is 16.5. The second-order valence-corrected chi connectivity index (χ2v) is 6.07. The number of rotatable bonds is 7. The number of hydrogen-bond acceptors (Lipinski definition) is 6. The molecule has 0 saturated heterocycles. The van der Waals surface area contributed by atoms with Gasteiger partial charge in [-0.3, -0.25) is 9.59 Å². The van der Waals surface area contributed by atoms with Crippen LogP contribution < -0.4 is 14.8 Å². The molecule has 0 aliphatic rings. The van der Waals surface area contributed by atoms with Crippen LogP contribution in [0, 0.1) is 11.3 Å². The number of nitriles is 1. The van der Waals surface area contributed by atoms with Gasteiger partial charge in [0.1, 0.15) is 17.3 Å². The van der Waals surface area contributed by atoms with Crippen molar-refractivity contribution in [3.8, 4) is 17.6 Å². The fraction of sp³-hybridized carbons (Fsp3) is 0.143. The summed E-state index contributed by atoms with van der Waals surface area (Å²) in [6, 6.07) is 8.85. The molecule has 3 rings (SSSR count). The van der Waals surface area contributed by atoms with Gasteiger partial charge in [0, 0.05) is 35.5 Å². The molecule has 0 fully saturated rings. The van der Waals surface area contributed by atoms with Crippen molar-refractivity contribution in [2.75, 3.05) is 14.2 Å². The first-order chi connectivity index (χ1) is 14.1. The molecule has 1 amide bonds. The Morgan fingerprint density at radius 2 is 2.07 bits per heavy atom. The molecule has 8 nitrogen and oxygen atoms in total. The van der Waals surface area contributed by atoms with Gasteiger partial charge in [-0.15, -0.1) is 0 Å². The van der Waals surface area contributed by atoms with E-state index in [9.17, 15) is 14.9 Å². The Bertz CT molecular complexity index is 1140. The van der Waals surface area contributed by atoms with Crippen LogP contribution in [0.4, 0.5) is 0 Å². The summed E-state index contributed by atoms with van der Waals surface area (Å²) in [5.74, 6) is 0.617. The zero-order chi connectivity index (χ0) is 20.8. The highest BCUT2D eigenvalue weighted by molar-refractivity contribution is 6.04. The van der Waals surface area contributed by atoms with Crippen molar-refractivity contribution < 1.29 is 19.1 Å². The lowest BCUT2D eigenvalue weighted by Gasteiger charge is -2.10. The summed E-state index contributed by atoms with van der Waals surface area (Å²) in [5, 5.41) is 12.8. The van der Waals surface area contributed by atoms with Crippen molar-refractivity contribution >= 4 is 29.3 Å². The van der Waals surface area contributed by atoms with Gasteiger partial charge in [0.15, 0.2) is 17.8 Å². The van der Waals surface area contributed by atoms with Crippen LogP contribution in [0.5, 0.6) is 11.5 Å². The van der Waals surface area contributed by atoms with Crippen molar-refractivity contribution in [3.05, 3.63) is 58.9 Å². The van der Waals surface area contributed by atoms with E-state index in [1.165, 1.54) is 19.4 Å². The third kappa shape index (κ3) is 4.25. The van der Waals surface area contributed by atoms with E-state index in [1.54, 1.807) is 37.6 Å². The van der Waals surface area contributed by atoms with Gasteiger partial charge in [-0.2, -0.15) is 5.26 Å². The van der Waals surface area contributed by atoms with Crippen LogP contribution >= 0.6 is 0 Å². The normalized spacial score (nSPS) is 11.0.